The summed E-state index contributed by atoms with van der Waals surface area (Å²) in [6.45, 7) is 5.19. The van der Waals surface area contributed by atoms with E-state index in [0.717, 1.165) is 25.7 Å². The standard InChI is InChI=1S/C13H26N2O2/c1-3-13(2,9-14)12(17)15-7-10-5-4-6-11(10)8-16/h10-11,16H,3-9,14H2,1-2H3,(H,15,17). The Morgan fingerprint density at radius 1 is 1.47 bits per heavy atom. The van der Waals surface area contributed by atoms with Crippen LogP contribution in [0.2, 0.25) is 0 Å². The highest BCUT2D eigenvalue weighted by atomic mass is 16.3. The van der Waals surface area contributed by atoms with Crippen LogP contribution < -0.4 is 11.1 Å². The molecule has 0 radical (unpaired) electrons. The number of hydrogen-bond donors (Lipinski definition) is 3. The summed E-state index contributed by atoms with van der Waals surface area (Å²) in [5.74, 6) is 0.843. The number of aliphatic hydroxyl groups excluding tert-OH is 1. The van der Waals surface area contributed by atoms with Crippen LogP contribution in [0.25, 0.3) is 0 Å². The summed E-state index contributed by atoms with van der Waals surface area (Å²) >= 11 is 0. The highest BCUT2D eigenvalue weighted by molar-refractivity contribution is 5.82. The molecule has 4 nitrogen and oxygen atoms in total. The van der Waals surface area contributed by atoms with Gasteiger partial charge in [-0.25, -0.2) is 0 Å². The molecular weight excluding hydrogens is 216 g/mol. The summed E-state index contributed by atoms with van der Waals surface area (Å²) in [5, 5.41) is 12.2. The van der Waals surface area contributed by atoms with E-state index in [9.17, 15) is 9.90 Å². The number of carbonyl (C=O) groups is 1. The van der Waals surface area contributed by atoms with Crippen molar-refractivity contribution in [2.75, 3.05) is 19.7 Å². The molecule has 4 heteroatoms. The topological polar surface area (TPSA) is 75.4 Å². The fraction of sp³-hybridized carbons (Fsp3) is 0.923. The molecular formula is C13H26N2O2. The Kier molecular flexibility index (Phi) is 5.40. The van der Waals surface area contributed by atoms with E-state index in [0.29, 0.717) is 24.9 Å². The van der Waals surface area contributed by atoms with E-state index in [1.54, 1.807) is 0 Å². The average Bonchev–Trinajstić information content (AvgIpc) is 2.82. The Bertz CT molecular complexity index is 252. The van der Waals surface area contributed by atoms with Crippen LogP contribution in [0.4, 0.5) is 0 Å². The lowest BCUT2D eigenvalue weighted by Gasteiger charge is -2.27. The number of nitrogens with one attached hydrogen (secondary N) is 1. The van der Waals surface area contributed by atoms with Crippen LogP contribution in [-0.4, -0.2) is 30.7 Å². The van der Waals surface area contributed by atoms with Gasteiger partial charge in [-0.3, -0.25) is 4.79 Å². The molecule has 17 heavy (non-hydrogen) atoms. The summed E-state index contributed by atoms with van der Waals surface area (Å²) in [4.78, 5) is 12.0. The van der Waals surface area contributed by atoms with Gasteiger partial charge in [0.1, 0.15) is 0 Å². The Morgan fingerprint density at radius 3 is 2.65 bits per heavy atom. The second-order valence-electron chi connectivity index (χ2n) is 5.46. The number of amides is 1. The van der Waals surface area contributed by atoms with E-state index in [4.69, 9.17) is 5.73 Å². The maximum atomic E-state index is 12.0. The summed E-state index contributed by atoms with van der Waals surface area (Å²) in [6, 6.07) is 0. The van der Waals surface area contributed by atoms with Crippen molar-refractivity contribution < 1.29 is 9.90 Å². The Balaban J connectivity index is 2.42. The molecule has 0 bridgehead atoms. The first-order chi connectivity index (χ1) is 8.07. The maximum Gasteiger partial charge on any atom is 0.227 e. The number of hydrogen-bond acceptors (Lipinski definition) is 3. The fourth-order valence-electron chi connectivity index (χ4n) is 2.46. The first-order valence-corrected chi connectivity index (χ1v) is 6.66. The van der Waals surface area contributed by atoms with Crippen LogP contribution in [0.3, 0.4) is 0 Å². The van der Waals surface area contributed by atoms with Crippen molar-refractivity contribution in [3.63, 3.8) is 0 Å². The van der Waals surface area contributed by atoms with Crippen molar-refractivity contribution >= 4 is 5.91 Å². The predicted molar refractivity (Wildman–Crippen MR) is 68.4 cm³/mol. The minimum atomic E-state index is -0.451. The zero-order valence-corrected chi connectivity index (χ0v) is 11.0. The summed E-state index contributed by atoms with van der Waals surface area (Å²) in [6.07, 6.45) is 4.10. The number of carbonyl (C=O) groups excluding carboxylic acids is 1. The molecule has 1 rings (SSSR count). The third kappa shape index (κ3) is 3.42. The van der Waals surface area contributed by atoms with Crippen molar-refractivity contribution in [2.45, 2.75) is 39.5 Å². The van der Waals surface area contributed by atoms with Gasteiger partial charge in [0.25, 0.3) is 0 Å². The first kappa shape index (κ1) is 14.5. The Morgan fingerprint density at radius 2 is 2.12 bits per heavy atom. The van der Waals surface area contributed by atoms with Crippen LogP contribution in [0, 0.1) is 17.3 Å². The first-order valence-electron chi connectivity index (χ1n) is 6.66. The largest absolute Gasteiger partial charge is 0.396 e. The van der Waals surface area contributed by atoms with E-state index in [1.165, 1.54) is 0 Å². The number of rotatable bonds is 6. The highest BCUT2D eigenvalue weighted by Crippen LogP contribution is 2.31. The zero-order chi connectivity index (χ0) is 12.9. The third-order valence-electron chi connectivity index (χ3n) is 4.35. The molecule has 1 fully saturated rings. The lowest BCUT2D eigenvalue weighted by Crippen LogP contribution is -2.45. The molecule has 0 aromatic rings. The van der Waals surface area contributed by atoms with Gasteiger partial charge >= 0.3 is 0 Å². The SMILES string of the molecule is CCC(C)(CN)C(=O)NCC1CCCC1CO. The Labute approximate surface area is 104 Å². The summed E-state index contributed by atoms with van der Waals surface area (Å²) in [5.41, 5.74) is 5.20. The van der Waals surface area contributed by atoms with E-state index < -0.39 is 5.41 Å². The second-order valence-corrected chi connectivity index (χ2v) is 5.46. The lowest BCUT2D eigenvalue weighted by atomic mass is 9.86. The van der Waals surface area contributed by atoms with E-state index >= 15 is 0 Å². The van der Waals surface area contributed by atoms with Crippen LogP contribution in [0.15, 0.2) is 0 Å². The molecule has 0 heterocycles. The number of nitrogens with two attached hydrogens (primary N) is 1. The minimum absolute atomic E-state index is 0.0473. The van der Waals surface area contributed by atoms with E-state index in [2.05, 4.69) is 5.32 Å². The van der Waals surface area contributed by atoms with Gasteiger partial charge in [0, 0.05) is 19.7 Å². The molecule has 0 spiro atoms. The molecule has 3 unspecified atom stereocenters. The third-order valence-corrected chi connectivity index (χ3v) is 4.35. The molecule has 1 aliphatic carbocycles. The van der Waals surface area contributed by atoms with Gasteiger partial charge in [-0.1, -0.05) is 13.3 Å². The average molecular weight is 242 g/mol. The normalized spacial score (nSPS) is 27.8. The van der Waals surface area contributed by atoms with Gasteiger partial charge in [0.15, 0.2) is 0 Å². The van der Waals surface area contributed by atoms with E-state index in [1.807, 2.05) is 13.8 Å². The Hall–Kier alpha value is -0.610. The molecule has 4 N–H and O–H groups in total. The highest BCUT2D eigenvalue weighted by Gasteiger charge is 2.32. The van der Waals surface area contributed by atoms with Crippen LogP contribution in [0.5, 0.6) is 0 Å². The molecule has 0 saturated heterocycles. The molecule has 0 aliphatic heterocycles. The molecule has 1 saturated carbocycles. The molecule has 1 aliphatic rings. The molecule has 3 atom stereocenters. The maximum absolute atomic E-state index is 12.0. The van der Waals surface area contributed by atoms with Crippen molar-refractivity contribution in [3.05, 3.63) is 0 Å². The van der Waals surface area contributed by atoms with Crippen molar-refractivity contribution in [2.24, 2.45) is 23.0 Å². The number of aliphatic hydroxyl groups is 1. The predicted octanol–water partition coefficient (Wildman–Crippen LogP) is 0.886. The van der Waals surface area contributed by atoms with Crippen molar-refractivity contribution in [1.29, 1.82) is 0 Å². The molecule has 0 aromatic carbocycles. The quantitative estimate of drug-likeness (QED) is 0.647. The minimum Gasteiger partial charge on any atom is -0.396 e. The van der Waals surface area contributed by atoms with Gasteiger partial charge in [-0.2, -0.15) is 0 Å². The zero-order valence-electron chi connectivity index (χ0n) is 11.0. The molecule has 1 amide bonds. The van der Waals surface area contributed by atoms with Gasteiger partial charge in [0.2, 0.25) is 5.91 Å². The summed E-state index contributed by atoms with van der Waals surface area (Å²) < 4.78 is 0. The molecule has 0 aromatic heterocycles. The van der Waals surface area contributed by atoms with E-state index in [-0.39, 0.29) is 12.5 Å². The van der Waals surface area contributed by atoms with Crippen molar-refractivity contribution in [3.8, 4) is 0 Å². The van der Waals surface area contributed by atoms with Gasteiger partial charge in [-0.05, 0) is 38.0 Å². The fourth-order valence-corrected chi connectivity index (χ4v) is 2.46. The molecule has 100 valence electrons. The van der Waals surface area contributed by atoms with Gasteiger partial charge < -0.3 is 16.2 Å². The van der Waals surface area contributed by atoms with Gasteiger partial charge in [0.05, 0.1) is 5.41 Å². The summed E-state index contributed by atoms with van der Waals surface area (Å²) in [7, 11) is 0. The van der Waals surface area contributed by atoms with Gasteiger partial charge in [-0.15, -0.1) is 0 Å². The lowest BCUT2D eigenvalue weighted by molar-refractivity contribution is -0.130. The van der Waals surface area contributed by atoms with Crippen molar-refractivity contribution in [1.82, 2.24) is 5.32 Å². The second kappa shape index (κ2) is 6.36. The van der Waals surface area contributed by atoms with Crippen LogP contribution in [0.1, 0.15) is 39.5 Å². The van der Waals surface area contributed by atoms with Crippen LogP contribution in [-0.2, 0) is 4.79 Å². The monoisotopic (exact) mass is 242 g/mol. The van der Waals surface area contributed by atoms with Crippen LogP contribution >= 0.6 is 0 Å². The smallest absolute Gasteiger partial charge is 0.227 e.